The number of nitrogens with zero attached hydrogens (tertiary/aromatic N) is 2. The topological polar surface area (TPSA) is 70.5 Å². The molecule has 0 bridgehead atoms. The molecule has 0 radical (unpaired) electrons. The lowest BCUT2D eigenvalue weighted by Gasteiger charge is -2.20. The smallest absolute Gasteiger partial charge is 0.323 e. The second-order valence-electron chi connectivity index (χ2n) is 4.64. The molecule has 1 heterocycles. The Balaban J connectivity index is 1.95. The van der Waals surface area contributed by atoms with Crippen molar-refractivity contribution in [3.05, 3.63) is 30.1 Å². The molecule has 0 aliphatic heterocycles. The van der Waals surface area contributed by atoms with Gasteiger partial charge in [0, 0.05) is 18.9 Å². The predicted molar refractivity (Wildman–Crippen MR) is 64.9 cm³/mol. The zero-order valence-corrected chi connectivity index (χ0v) is 10.1. The average Bonchev–Trinajstić information content (AvgIpc) is 3.13. The zero-order valence-electron chi connectivity index (χ0n) is 10.1. The minimum absolute atomic E-state index is 0.129. The first-order valence-electron chi connectivity index (χ1n) is 6.03. The molecule has 1 N–H and O–H groups in total. The van der Waals surface area contributed by atoms with Gasteiger partial charge in [-0.3, -0.25) is 14.6 Å². The fourth-order valence-corrected chi connectivity index (χ4v) is 1.82. The fraction of sp³-hybridized carbons (Fsp3) is 0.462. The summed E-state index contributed by atoms with van der Waals surface area (Å²) in [6, 6.07) is 3.54. The molecule has 1 aromatic heterocycles. The largest absolute Gasteiger partial charge is 0.480 e. The molecule has 1 aliphatic rings. The Bertz CT molecular complexity index is 429. The van der Waals surface area contributed by atoms with Gasteiger partial charge in [-0.05, 0) is 36.5 Å². The molecule has 0 atom stereocenters. The summed E-state index contributed by atoms with van der Waals surface area (Å²) in [5.74, 6) is -0.597. The van der Waals surface area contributed by atoms with E-state index in [-0.39, 0.29) is 18.9 Å². The molecule has 0 unspecified atom stereocenters. The SMILES string of the molecule is O=C(O)CN(CC1CC1)C(=O)Cc1ccncc1. The van der Waals surface area contributed by atoms with Crippen LogP contribution in [0.2, 0.25) is 0 Å². The van der Waals surface area contributed by atoms with Gasteiger partial charge in [-0.25, -0.2) is 0 Å². The minimum atomic E-state index is -0.960. The molecule has 2 rings (SSSR count). The summed E-state index contributed by atoms with van der Waals surface area (Å²) in [4.78, 5) is 28.1. The van der Waals surface area contributed by atoms with Gasteiger partial charge in [0.1, 0.15) is 6.54 Å². The van der Waals surface area contributed by atoms with E-state index in [0.717, 1.165) is 18.4 Å². The Kier molecular flexibility index (Phi) is 3.92. The van der Waals surface area contributed by atoms with Crippen LogP contribution in [0.4, 0.5) is 0 Å². The van der Waals surface area contributed by atoms with Crippen LogP contribution in [0.15, 0.2) is 24.5 Å². The number of hydrogen-bond acceptors (Lipinski definition) is 3. The molecule has 1 fully saturated rings. The molecule has 1 amide bonds. The summed E-state index contributed by atoms with van der Waals surface area (Å²) >= 11 is 0. The number of rotatable bonds is 6. The van der Waals surface area contributed by atoms with Gasteiger partial charge in [0.2, 0.25) is 5.91 Å². The van der Waals surface area contributed by atoms with Crippen LogP contribution in [0.3, 0.4) is 0 Å². The van der Waals surface area contributed by atoms with E-state index in [1.54, 1.807) is 24.5 Å². The summed E-state index contributed by atoms with van der Waals surface area (Å²) < 4.78 is 0. The van der Waals surface area contributed by atoms with Crippen molar-refractivity contribution in [2.45, 2.75) is 19.3 Å². The normalized spacial score (nSPS) is 14.2. The maximum absolute atomic E-state index is 12.1. The number of carbonyl (C=O) groups excluding carboxylic acids is 1. The number of carbonyl (C=O) groups is 2. The van der Waals surface area contributed by atoms with Crippen molar-refractivity contribution < 1.29 is 14.7 Å². The number of carboxylic acid groups (broad SMARTS) is 1. The number of amides is 1. The van der Waals surface area contributed by atoms with Crippen LogP contribution in [0.5, 0.6) is 0 Å². The van der Waals surface area contributed by atoms with E-state index in [4.69, 9.17) is 5.11 Å². The monoisotopic (exact) mass is 248 g/mol. The van der Waals surface area contributed by atoms with Crippen molar-refractivity contribution in [3.63, 3.8) is 0 Å². The number of hydrogen-bond donors (Lipinski definition) is 1. The molecule has 18 heavy (non-hydrogen) atoms. The quantitative estimate of drug-likeness (QED) is 0.813. The van der Waals surface area contributed by atoms with E-state index in [1.165, 1.54) is 4.90 Å². The Morgan fingerprint density at radius 3 is 2.56 bits per heavy atom. The van der Waals surface area contributed by atoms with Gasteiger partial charge in [-0.2, -0.15) is 0 Å². The van der Waals surface area contributed by atoms with E-state index < -0.39 is 5.97 Å². The molecule has 96 valence electrons. The van der Waals surface area contributed by atoms with Crippen LogP contribution in [0.25, 0.3) is 0 Å². The lowest BCUT2D eigenvalue weighted by Crippen LogP contribution is -2.38. The van der Waals surface area contributed by atoms with E-state index in [2.05, 4.69) is 4.98 Å². The highest BCUT2D eigenvalue weighted by molar-refractivity contribution is 5.83. The summed E-state index contributed by atoms with van der Waals surface area (Å²) in [5.41, 5.74) is 0.862. The van der Waals surface area contributed by atoms with Gasteiger partial charge in [0.15, 0.2) is 0 Å². The van der Waals surface area contributed by atoms with Gasteiger partial charge in [-0.1, -0.05) is 0 Å². The van der Waals surface area contributed by atoms with Gasteiger partial charge < -0.3 is 10.0 Å². The number of carboxylic acids is 1. The third-order valence-electron chi connectivity index (χ3n) is 2.96. The molecule has 1 aliphatic carbocycles. The Hall–Kier alpha value is -1.91. The summed E-state index contributed by atoms with van der Waals surface area (Å²) in [6.07, 6.45) is 5.69. The predicted octanol–water partition coefficient (Wildman–Crippen LogP) is 0.947. The fourth-order valence-electron chi connectivity index (χ4n) is 1.82. The van der Waals surface area contributed by atoms with Crippen LogP contribution >= 0.6 is 0 Å². The maximum Gasteiger partial charge on any atom is 0.323 e. The molecular weight excluding hydrogens is 232 g/mol. The van der Waals surface area contributed by atoms with Crippen molar-refractivity contribution in [3.8, 4) is 0 Å². The molecule has 0 saturated heterocycles. The molecule has 1 saturated carbocycles. The van der Waals surface area contributed by atoms with Crippen molar-refractivity contribution in [2.75, 3.05) is 13.1 Å². The van der Waals surface area contributed by atoms with Crippen molar-refractivity contribution in [2.24, 2.45) is 5.92 Å². The lowest BCUT2D eigenvalue weighted by atomic mass is 10.2. The van der Waals surface area contributed by atoms with Crippen molar-refractivity contribution in [1.82, 2.24) is 9.88 Å². The summed E-state index contributed by atoms with van der Waals surface area (Å²) in [5, 5.41) is 8.83. The highest BCUT2D eigenvalue weighted by Crippen LogP contribution is 2.29. The highest BCUT2D eigenvalue weighted by Gasteiger charge is 2.27. The summed E-state index contributed by atoms with van der Waals surface area (Å²) in [6.45, 7) is 0.358. The molecular formula is C13H16N2O3. The number of aromatic nitrogens is 1. The van der Waals surface area contributed by atoms with E-state index in [1.807, 2.05) is 0 Å². The first kappa shape index (κ1) is 12.5. The Labute approximate surface area is 105 Å². The first-order chi connectivity index (χ1) is 8.65. The Morgan fingerprint density at radius 1 is 1.33 bits per heavy atom. The molecule has 0 aromatic carbocycles. The second-order valence-corrected chi connectivity index (χ2v) is 4.64. The third kappa shape index (κ3) is 3.84. The molecule has 1 aromatic rings. The Morgan fingerprint density at radius 2 is 2.00 bits per heavy atom. The summed E-state index contributed by atoms with van der Waals surface area (Å²) in [7, 11) is 0. The van der Waals surface area contributed by atoms with Gasteiger partial charge >= 0.3 is 5.97 Å². The van der Waals surface area contributed by atoms with Gasteiger partial charge in [0.05, 0.1) is 6.42 Å². The van der Waals surface area contributed by atoms with E-state index >= 15 is 0 Å². The molecule has 5 heteroatoms. The van der Waals surface area contributed by atoms with Gasteiger partial charge in [-0.15, -0.1) is 0 Å². The van der Waals surface area contributed by atoms with E-state index in [9.17, 15) is 9.59 Å². The standard InChI is InChI=1S/C13H16N2O3/c16-12(7-10-3-5-14-6-4-10)15(9-13(17)18)8-11-1-2-11/h3-6,11H,1-2,7-9H2,(H,17,18). The van der Waals surface area contributed by atoms with Crippen molar-refractivity contribution in [1.29, 1.82) is 0 Å². The molecule has 5 nitrogen and oxygen atoms in total. The third-order valence-corrected chi connectivity index (χ3v) is 2.96. The van der Waals surface area contributed by atoms with Crippen molar-refractivity contribution >= 4 is 11.9 Å². The minimum Gasteiger partial charge on any atom is -0.480 e. The van der Waals surface area contributed by atoms with Gasteiger partial charge in [0.25, 0.3) is 0 Å². The van der Waals surface area contributed by atoms with Crippen LogP contribution in [-0.2, 0) is 16.0 Å². The average molecular weight is 248 g/mol. The van der Waals surface area contributed by atoms with Crippen LogP contribution in [0, 0.1) is 5.92 Å². The maximum atomic E-state index is 12.1. The van der Waals surface area contributed by atoms with Crippen LogP contribution < -0.4 is 0 Å². The lowest BCUT2D eigenvalue weighted by molar-refractivity contribution is -0.144. The number of aliphatic carboxylic acids is 1. The highest BCUT2D eigenvalue weighted by atomic mass is 16.4. The zero-order chi connectivity index (χ0) is 13.0. The van der Waals surface area contributed by atoms with Crippen LogP contribution in [-0.4, -0.2) is 40.0 Å². The van der Waals surface area contributed by atoms with E-state index in [0.29, 0.717) is 12.5 Å². The van der Waals surface area contributed by atoms with Crippen LogP contribution in [0.1, 0.15) is 18.4 Å². The number of pyridine rings is 1. The second kappa shape index (κ2) is 5.62. The molecule has 0 spiro atoms. The first-order valence-corrected chi connectivity index (χ1v) is 6.03.